The molecule has 1 saturated heterocycles. The van der Waals surface area contributed by atoms with Crippen LogP contribution in [0, 0.1) is 23.7 Å². The van der Waals surface area contributed by atoms with E-state index in [-0.39, 0.29) is 12.0 Å². The van der Waals surface area contributed by atoms with Gasteiger partial charge in [0.1, 0.15) is 0 Å². The fraction of sp³-hybridized carbons (Fsp3) is 0.938. The summed E-state index contributed by atoms with van der Waals surface area (Å²) in [6.45, 7) is 1.01. The third kappa shape index (κ3) is 1.77. The molecular weight excluding hydrogens is 236 g/mol. The number of carbonyl (C=O) groups excluding carboxylic acids is 1. The number of amides is 1. The van der Waals surface area contributed by atoms with Crippen LogP contribution >= 0.6 is 0 Å². The average Bonchev–Trinajstić information content (AvgIpc) is 3.11. The average molecular weight is 262 g/mol. The van der Waals surface area contributed by atoms with E-state index in [2.05, 4.69) is 4.90 Å². The highest BCUT2D eigenvalue weighted by molar-refractivity contribution is 5.81. The smallest absolute Gasteiger partial charge is 0.227 e. The van der Waals surface area contributed by atoms with Gasteiger partial charge in [-0.2, -0.15) is 0 Å². The van der Waals surface area contributed by atoms with Crippen LogP contribution in [0.25, 0.3) is 0 Å². The molecule has 106 valence electrons. The summed E-state index contributed by atoms with van der Waals surface area (Å²) in [6.07, 6.45) is 10.2. The highest BCUT2D eigenvalue weighted by Gasteiger charge is 2.52. The van der Waals surface area contributed by atoms with E-state index in [0.29, 0.717) is 23.8 Å². The molecule has 0 aromatic heterocycles. The molecular formula is C16H26N2O. The van der Waals surface area contributed by atoms with Crippen molar-refractivity contribution >= 4 is 5.91 Å². The summed E-state index contributed by atoms with van der Waals surface area (Å²) in [5.74, 6) is 2.64. The van der Waals surface area contributed by atoms with Crippen LogP contribution in [0.15, 0.2) is 0 Å². The fourth-order valence-electron chi connectivity index (χ4n) is 5.57. The molecule has 3 saturated carbocycles. The first-order valence-corrected chi connectivity index (χ1v) is 8.32. The predicted octanol–water partition coefficient (Wildman–Crippen LogP) is 2.15. The van der Waals surface area contributed by atoms with E-state index in [9.17, 15) is 4.79 Å². The Kier molecular flexibility index (Phi) is 2.87. The third-order valence-corrected chi connectivity index (χ3v) is 6.56. The van der Waals surface area contributed by atoms with E-state index in [4.69, 9.17) is 5.73 Å². The van der Waals surface area contributed by atoms with Crippen molar-refractivity contribution in [2.24, 2.45) is 29.4 Å². The molecule has 0 spiro atoms. The van der Waals surface area contributed by atoms with Gasteiger partial charge in [-0.25, -0.2) is 0 Å². The molecule has 0 aromatic rings. The Morgan fingerprint density at radius 2 is 1.74 bits per heavy atom. The van der Waals surface area contributed by atoms with Crippen molar-refractivity contribution < 1.29 is 4.79 Å². The molecule has 4 aliphatic rings. The first kappa shape index (κ1) is 12.2. The highest BCUT2D eigenvalue weighted by atomic mass is 16.2. The van der Waals surface area contributed by atoms with E-state index in [1.54, 1.807) is 0 Å². The van der Waals surface area contributed by atoms with E-state index in [1.165, 1.54) is 51.4 Å². The lowest BCUT2D eigenvalue weighted by Crippen LogP contribution is -2.49. The Hall–Kier alpha value is -0.570. The molecule has 1 amide bonds. The third-order valence-electron chi connectivity index (χ3n) is 6.56. The van der Waals surface area contributed by atoms with Gasteiger partial charge in [0.2, 0.25) is 5.91 Å². The summed E-state index contributed by atoms with van der Waals surface area (Å²) in [6, 6.07) is 0.724. The van der Waals surface area contributed by atoms with Gasteiger partial charge in [-0.3, -0.25) is 4.79 Å². The van der Waals surface area contributed by atoms with Crippen LogP contribution in [0.1, 0.15) is 51.4 Å². The van der Waals surface area contributed by atoms with Crippen LogP contribution in [-0.2, 0) is 4.79 Å². The van der Waals surface area contributed by atoms with Gasteiger partial charge >= 0.3 is 0 Å². The number of nitrogens with zero attached hydrogens (tertiary/aromatic N) is 1. The van der Waals surface area contributed by atoms with Gasteiger partial charge in [0.25, 0.3) is 0 Å². The maximum absolute atomic E-state index is 12.9. The zero-order chi connectivity index (χ0) is 13.0. The van der Waals surface area contributed by atoms with Crippen LogP contribution in [0.3, 0.4) is 0 Å². The molecule has 3 heteroatoms. The molecule has 6 unspecified atom stereocenters. The standard InChI is InChI=1S/C16H26N2O/c17-15-12-6-5-11(9-12)14(15)16(19)18-8-7-10-3-1-2-4-13(10)18/h10-15H,1-9,17H2. The maximum atomic E-state index is 12.9. The largest absolute Gasteiger partial charge is 0.339 e. The van der Waals surface area contributed by atoms with Crippen molar-refractivity contribution in [3.63, 3.8) is 0 Å². The summed E-state index contributed by atoms with van der Waals surface area (Å²) >= 11 is 0. The van der Waals surface area contributed by atoms with E-state index in [0.717, 1.165) is 12.5 Å². The summed E-state index contributed by atoms with van der Waals surface area (Å²) in [5, 5.41) is 0. The lowest BCUT2D eigenvalue weighted by molar-refractivity contribution is -0.139. The molecule has 2 bridgehead atoms. The molecule has 6 atom stereocenters. The van der Waals surface area contributed by atoms with Gasteiger partial charge in [-0.1, -0.05) is 12.8 Å². The number of nitrogens with two attached hydrogens (primary N) is 1. The van der Waals surface area contributed by atoms with Crippen LogP contribution in [0.2, 0.25) is 0 Å². The van der Waals surface area contributed by atoms with Gasteiger partial charge in [-0.05, 0) is 56.3 Å². The molecule has 4 fully saturated rings. The minimum Gasteiger partial charge on any atom is -0.339 e. The van der Waals surface area contributed by atoms with Gasteiger partial charge < -0.3 is 10.6 Å². The summed E-state index contributed by atoms with van der Waals surface area (Å²) < 4.78 is 0. The number of rotatable bonds is 1. The Morgan fingerprint density at radius 3 is 2.53 bits per heavy atom. The lowest BCUT2D eigenvalue weighted by Gasteiger charge is -2.36. The van der Waals surface area contributed by atoms with Crippen molar-refractivity contribution in [2.75, 3.05) is 6.54 Å². The first-order valence-electron chi connectivity index (χ1n) is 8.32. The van der Waals surface area contributed by atoms with Gasteiger partial charge in [0.05, 0.1) is 5.92 Å². The molecule has 3 aliphatic carbocycles. The molecule has 4 rings (SSSR count). The summed E-state index contributed by atoms with van der Waals surface area (Å²) in [7, 11) is 0. The minimum atomic E-state index is 0.161. The van der Waals surface area contributed by atoms with Crippen LogP contribution < -0.4 is 5.73 Å². The zero-order valence-electron chi connectivity index (χ0n) is 11.8. The van der Waals surface area contributed by atoms with Crippen molar-refractivity contribution in [2.45, 2.75) is 63.5 Å². The monoisotopic (exact) mass is 262 g/mol. The van der Waals surface area contributed by atoms with Crippen molar-refractivity contribution in [3.8, 4) is 0 Å². The topological polar surface area (TPSA) is 46.3 Å². The van der Waals surface area contributed by atoms with Gasteiger partial charge in [-0.15, -0.1) is 0 Å². The quantitative estimate of drug-likeness (QED) is 0.787. The number of hydrogen-bond donors (Lipinski definition) is 1. The Bertz CT molecular complexity index is 381. The number of fused-ring (bicyclic) bond motifs is 3. The minimum absolute atomic E-state index is 0.161. The SMILES string of the molecule is NC1C2CCC(C2)C1C(=O)N1CCC2CCCCC21. The Balaban J connectivity index is 1.51. The van der Waals surface area contributed by atoms with Crippen LogP contribution in [0.5, 0.6) is 0 Å². The van der Waals surface area contributed by atoms with E-state index >= 15 is 0 Å². The number of likely N-dealkylation sites (tertiary alicyclic amines) is 1. The number of hydrogen-bond acceptors (Lipinski definition) is 2. The van der Waals surface area contributed by atoms with E-state index in [1.807, 2.05) is 0 Å². The summed E-state index contributed by atoms with van der Waals surface area (Å²) in [4.78, 5) is 15.2. The number of carbonyl (C=O) groups is 1. The van der Waals surface area contributed by atoms with Crippen molar-refractivity contribution in [1.29, 1.82) is 0 Å². The fourth-order valence-corrected chi connectivity index (χ4v) is 5.57. The normalized spacial score (nSPS) is 48.6. The van der Waals surface area contributed by atoms with Gasteiger partial charge in [0, 0.05) is 18.6 Å². The lowest BCUT2D eigenvalue weighted by atomic mass is 9.82. The maximum Gasteiger partial charge on any atom is 0.227 e. The molecule has 0 aromatic carbocycles. The molecule has 0 radical (unpaired) electrons. The second kappa shape index (κ2) is 4.47. The molecule has 1 aliphatic heterocycles. The Labute approximate surface area is 115 Å². The second-order valence-corrected chi connectivity index (χ2v) is 7.37. The van der Waals surface area contributed by atoms with Crippen molar-refractivity contribution in [3.05, 3.63) is 0 Å². The zero-order valence-corrected chi connectivity index (χ0v) is 11.8. The molecule has 1 heterocycles. The van der Waals surface area contributed by atoms with Crippen molar-refractivity contribution in [1.82, 2.24) is 4.90 Å². The van der Waals surface area contributed by atoms with Crippen LogP contribution in [0.4, 0.5) is 0 Å². The highest BCUT2D eigenvalue weighted by Crippen LogP contribution is 2.49. The summed E-state index contributed by atoms with van der Waals surface area (Å²) in [5.41, 5.74) is 6.35. The molecule has 3 nitrogen and oxygen atoms in total. The predicted molar refractivity (Wildman–Crippen MR) is 74.4 cm³/mol. The van der Waals surface area contributed by atoms with Gasteiger partial charge in [0.15, 0.2) is 0 Å². The van der Waals surface area contributed by atoms with E-state index < -0.39 is 0 Å². The second-order valence-electron chi connectivity index (χ2n) is 7.37. The molecule has 19 heavy (non-hydrogen) atoms. The molecule has 2 N–H and O–H groups in total. The van der Waals surface area contributed by atoms with Crippen LogP contribution in [-0.4, -0.2) is 29.4 Å². The first-order chi connectivity index (χ1) is 9.25. The Morgan fingerprint density at radius 1 is 0.947 bits per heavy atom.